The Hall–Kier alpha value is -1.10. The number of hydrogen-bond donors (Lipinski definition) is 3. The SMILES string of the molecule is CC(=O)c1ccc(OC(Cl)C2=CNC(=O)NC2S(=O)(=O)O)cc1.[H-].[Na+]. The monoisotopic (exact) mass is 384 g/mol. The van der Waals surface area contributed by atoms with Gasteiger partial charge in [-0.25, -0.2) is 4.79 Å². The standard InChI is InChI=1S/C13H13ClN2O6S.Na.H/c1-7(17)8-2-4-9(5-3-8)22-11(14)10-6-15-13(18)16-12(10)23(19,20)21;;/h2-6,11-12H,1H3,(H2,15,16,18)(H,19,20,21);;/q;+1;-1. The molecule has 2 unspecified atom stereocenters. The molecule has 1 aromatic carbocycles. The summed E-state index contributed by atoms with van der Waals surface area (Å²) in [5, 5.41) is 2.55. The third kappa shape index (κ3) is 5.20. The molecule has 0 radical (unpaired) electrons. The molecule has 0 fully saturated rings. The van der Waals surface area contributed by atoms with Gasteiger partial charge in [-0.15, -0.1) is 0 Å². The number of amides is 2. The van der Waals surface area contributed by atoms with Crippen molar-refractivity contribution in [3.63, 3.8) is 0 Å². The van der Waals surface area contributed by atoms with E-state index in [2.05, 4.69) is 5.32 Å². The van der Waals surface area contributed by atoms with Crippen molar-refractivity contribution >= 4 is 33.5 Å². The van der Waals surface area contributed by atoms with Crippen molar-refractivity contribution in [2.45, 2.75) is 17.9 Å². The summed E-state index contributed by atoms with van der Waals surface area (Å²) in [5.41, 5.74) is -0.896. The average molecular weight is 385 g/mol. The van der Waals surface area contributed by atoms with Gasteiger partial charge in [0.15, 0.2) is 16.7 Å². The van der Waals surface area contributed by atoms with Gasteiger partial charge in [-0.1, -0.05) is 11.6 Å². The molecule has 2 amide bonds. The van der Waals surface area contributed by atoms with E-state index in [9.17, 15) is 22.6 Å². The second-order valence-electron chi connectivity index (χ2n) is 4.67. The number of Topliss-reactive ketones (excluding diaryl/α,β-unsaturated/α-hetero) is 1. The largest absolute Gasteiger partial charge is 1.00 e. The third-order valence-electron chi connectivity index (χ3n) is 3.00. The number of urea groups is 1. The van der Waals surface area contributed by atoms with Crippen LogP contribution in [0.1, 0.15) is 18.7 Å². The Morgan fingerprint density at radius 3 is 2.46 bits per heavy atom. The van der Waals surface area contributed by atoms with E-state index in [0.717, 1.165) is 6.20 Å². The van der Waals surface area contributed by atoms with Gasteiger partial charge in [-0.05, 0) is 31.2 Å². The number of carbonyl (C=O) groups is 2. The molecule has 0 saturated carbocycles. The van der Waals surface area contributed by atoms with E-state index in [4.69, 9.17) is 16.3 Å². The number of ketones is 1. The Morgan fingerprint density at radius 1 is 1.38 bits per heavy atom. The minimum atomic E-state index is -4.61. The van der Waals surface area contributed by atoms with Crippen LogP contribution in [-0.4, -0.2) is 35.7 Å². The Kier molecular flexibility index (Phi) is 7.26. The Labute approximate surface area is 167 Å². The number of benzene rings is 1. The van der Waals surface area contributed by atoms with Crippen LogP contribution in [0.3, 0.4) is 0 Å². The molecule has 3 N–H and O–H groups in total. The fraction of sp³-hybridized carbons (Fsp3) is 0.231. The summed E-state index contributed by atoms with van der Waals surface area (Å²) in [6.07, 6.45) is 1.05. The van der Waals surface area contributed by atoms with E-state index >= 15 is 0 Å². The second-order valence-corrected chi connectivity index (χ2v) is 6.57. The molecule has 1 aliphatic rings. The zero-order valence-electron chi connectivity index (χ0n) is 13.8. The number of carbonyl (C=O) groups excluding carboxylic acids is 2. The fourth-order valence-electron chi connectivity index (χ4n) is 1.86. The first kappa shape index (κ1) is 20.9. The summed E-state index contributed by atoms with van der Waals surface area (Å²) >= 11 is 6.02. The number of halogens is 1. The molecule has 24 heavy (non-hydrogen) atoms. The van der Waals surface area contributed by atoms with Gasteiger partial charge in [-0.2, -0.15) is 8.42 Å². The zero-order valence-corrected chi connectivity index (χ0v) is 16.4. The van der Waals surface area contributed by atoms with Crippen LogP contribution in [0.15, 0.2) is 36.0 Å². The van der Waals surface area contributed by atoms with Crippen molar-refractivity contribution in [3.8, 4) is 5.75 Å². The van der Waals surface area contributed by atoms with Crippen molar-refractivity contribution in [3.05, 3.63) is 41.6 Å². The molecule has 1 aromatic rings. The number of nitrogens with one attached hydrogen (secondary N) is 2. The van der Waals surface area contributed by atoms with E-state index in [1.165, 1.54) is 31.2 Å². The second kappa shape index (κ2) is 8.32. The maximum absolute atomic E-state index is 11.3. The Balaban J connectivity index is 0.00000288. The van der Waals surface area contributed by atoms with Gasteiger partial charge in [0.05, 0.1) is 0 Å². The molecule has 11 heteroatoms. The van der Waals surface area contributed by atoms with E-state index in [0.29, 0.717) is 5.56 Å². The van der Waals surface area contributed by atoms with Gasteiger partial charge in [0.25, 0.3) is 10.1 Å². The molecule has 0 aliphatic carbocycles. The molecule has 2 atom stereocenters. The number of hydrogen-bond acceptors (Lipinski definition) is 5. The van der Waals surface area contributed by atoms with E-state index in [-0.39, 0.29) is 48.1 Å². The molecule has 0 spiro atoms. The van der Waals surface area contributed by atoms with E-state index < -0.39 is 27.1 Å². The molecule has 1 heterocycles. The molecular weight excluding hydrogens is 371 g/mol. The van der Waals surface area contributed by atoms with Crippen LogP contribution >= 0.6 is 11.6 Å². The van der Waals surface area contributed by atoms with Crippen LogP contribution < -0.4 is 44.9 Å². The van der Waals surface area contributed by atoms with Crippen LogP contribution in [0, 0.1) is 0 Å². The minimum Gasteiger partial charge on any atom is -1.00 e. The van der Waals surface area contributed by atoms with Crippen molar-refractivity contribution < 1.29 is 58.3 Å². The number of alkyl halides is 1. The Morgan fingerprint density at radius 2 is 1.96 bits per heavy atom. The third-order valence-corrected chi connectivity index (χ3v) is 4.32. The minimum absolute atomic E-state index is 0. The molecule has 0 bridgehead atoms. The average Bonchev–Trinajstić information content (AvgIpc) is 2.46. The molecule has 126 valence electrons. The smallest absolute Gasteiger partial charge is 1.00 e. The van der Waals surface area contributed by atoms with Gasteiger partial charge in [-0.3, -0.25) is 9.35 Å². The first-order valence-corrected chi connectivity index (χ1v) is 8.27. The first-order valence-electron chi connectivity index (χ1n) is 6.33. The van der Waals surface area contributed by atoms with Gasteiger partial charge < -0.3 is 16.8 Å². The quantitative estimate of drug-likeness (QED) is 0.242. The van der Waals surface area contributed by atoms with Gasteiger partial charge >= 0.3 is 35.6 Å². The van der Waals surface area contributed by atoms with Crippen LogP contribution in [0.5, 0.6) is 5.75 Å². The predicted molar refractivity (Wildman–Crippen MR) is 82.9 cm³/mol. The van der Waals surface area contributed by atoms with Gasteiger partial charge in [0.2, 0.25) is 0 Å². The maximum atomic E-state index is 11.3. The van der Waals surface area contributed by atoms with Crippen LogP contribution in [0.4, 0.5) is 4.79 Å². The van der Waals surface area contributed by atoms with Crippen molar-refractivity contribution in [1.29, 1.82) is 0 Å². The van der Waals surface area contributed by atoms with Crippen molar-refractivity contribution in [2.24, 2.45) is 0 Å². The predicted octanol–water partition coefficient (Wildman–Crippen LogP) is -1.64. The number of ether oxygens (including phenoxy) is 1. The van der Waals surface area contributed by atoms with Crippen LogP contribution in [0.25, 0.3) is 0 Å². The zero-order chi connectivity index (χ0) is 17.2. The number of rotatable bonds is 5. The van der Waals surface area contributed by atoms with Gasteiger partial charge in [0.1, 0.15) is 5.75 Å². The summed E-state index contributed by atoms with van der Waals surface area (Å²) in [7, 11) is -4.61. The molecule has 8 nitrogen and oxygen atoms in total. The first-order chi connectivity index (χ1) is 10.7. The summed E-state index contributed by atoms with van der Waals surface area (Å²) < 4.78 is 37.2. The Bertz CT molecular complexity index is 771. The molecule has 2 rings (SSSR count). The molecule has 0 saturated heterocycles. The van der Waals surface area contributed by atoms with E-state index in [1.807, 2.05) is 5.32 Å². The van der Waals surface area contributed by atoms with Crippen LogP contribution in [-0.2, 0) is 10.1 Å². The molecule has 0 aromatic heterocycles. The van der Waals surface area contributed by atoms with E-state index in [1.54, 1.807) is 0 Å². The molecule has 1 aliphatic heterocycles. The fourth-order valence-corrected chi connectivity index (χ4v) is 3.01. The van der Waals surface area contributed by atoms with Crippen molar-refractivity contribution in [2.75, 3.05) is 0 Å². The summed E-state index contributed by atoms with van der Waals surface area (Å²) in [5.74, 6) is 0.161. The molecular formula is C13H14ClN2NaO6S. The maximum Gasteiger partial charge on any atom is 1.00 e. The normalized spacial score (nSPS) is 18.4. The topological polar surface area (TPSA) is 122 Å². The summed E-state index contributed by atoms with van der Waals surface area (Å²) in [6, 6.07) is 5.23. The van der Waals surface area contributed by atoms with Gasteiger partial charge in [0, 0.05) is 17.3 Å². The van der Waals surface area contributed by atoms with Crippen molar-refractivity contribution in [1.82, 2.24) is 10.6 Å². The summed E-state index contributed by atoms with van der Waals surface area (Å²) in [4.78, 5) is 22.4. The summed E-state index contributed by atoms with van der Waals surface area (Å²) in [6.45, 7) is 1.41. The van der Waals surface area contributed by atoms with Crippen LogP contribution in [0.2, 0.25) is 0 Å².